The Bertz CT molecular complexity index is 874. The van der Waals surface area contributed by atoms with Crippen LogP contribution in [0.3, 0.4) is 0 Å². The minimum Gasteiger partial charge on any atom is -0.350 e. The van der Waals surface area contributed by atoms with E-state index in [1.54, 1.807) is 0 Å². The molecule has 2 N–H and O–H groups in total. The summed E-state index contributed by atoms with van der Waals surface area (Å²) < 4.78 is 13.6. The van der Waals surface area contributed by atoms with Gasteiger partial charge in [-0.25, -0.2) is 9.37 Å². The van der Waals surface area contributed by atoms with Gasteiger partial charge in [0.2, 0.25) is 5.91 Å². The van der Waals surface area contributed by atoms with Crippen molar-refractivity contribution in [3.63, 3.8) is 0 Å². The molecule has 2 aliphatic heterocycles. The number of H-pyrrole nitrogens is 1. The van der Waals surface area contributed by atoms with E-state index in [1.807, 2.05) is 41.5 Å². The number of amides is 1. The van der Waals surface area contributed by atoms with Crippen LogP contribution in [0.5, 0.6) is 0 Å². The number of halogens is 1. The summed E-state index contributed by atoms with van der Waals surface area (Å²) in [5.74, 6) is 0.745. The largest absolute Gasteiger partial charge is 0.350 e. The Morgan fingerprint density at radius 2 is 1.87 bits per heavy atom. The lowest BCUT2D eigenvalue weighted by Crippen LogP contribution is -2.56. The molecule has 2 aliphatic rings. The normalized spacial score (nSPS) is 22.1. The van der Waals surface area contributed by atoms with Gasteiger partial charge in [-0.2, -0.15) is 0 Å². The van der Waals surface area contributed by atoms with Crippen LogP contribution in [-0.2, 0) is 11.3 Å². The number of benzene rings is 1. The van der Waals surface area contributed by atoms with Crippen LogP contribution in [0.25, 0.3) is 11.0 Å². The predicted molar refractivity (Wildman–Crippen MR) is 119 cm³/mol. The number of carbonyl (C=O) groups is 1. The first-order valence-electron chi connectivity index (χ1n) is 11.1. The van der Waals surface area contributed by atoms with Gasteiger partial charge < -0.3 is 10.3 Å². The van der Waals surface area contributed by atoms with Crippen molar-refractivity contribution in [2.24, 2.45) is 0 Å². The van der Waals surface area contributed by atoms with E-state index in [0.29, 0.717) is 18.6 Å². The van der Waals surface area contributed by atoms with E-state index in [1.165, 1.54) is 12.1 Å². The van der Waals surface area contributed by atoms with Crippen LogP contribution in [0.1, 0.15) is 58.8 Å². The number of likely N-dealkylation sites (tertiary alicyclic amines) is 1. The molecule has 1 aromatic heterocycles. The number of nitrogens with zero attached hydrogens (tertiary/aromatic N) is 3. The number of hydrogen-bond donors (Lipinski definition) is 2. The molecule has 2 aromatic rings. The molecule has 1 amide bonds. The molecule has 6 nitrogen and oxygen atoms in total. The van der Waals surface area contributed by atoms with Crippen molar-refractivity contribution in [1.29, 1.82) is 0 Å². The van der Waals surface area contributed by atoms with Crippen molar-refractivity contribution in [2.75, 3.05) is 19.6 Å². The van der Waals surface area contributed by atoms with Gasteiger partial charge in [-0.15, -0.1) is 0 Å². The molecule has 1 aromatic carbocycles. The maximum absolute atomic E-state index is 13.6. The number of nitrogens with one attached hydrogen (secondary N) is 2. The number of fused-ring (bicyclic) bond motifs is 3. The summed E-state index contributed by atoms with van der Waals surface area (Å²) in [7, 11) is 0. The molecule has 2 saturated heterocycles. The van der Waals surface area contributed by atoms with Crippen molar-refractivity contribution < 1.29 is 9.18 Å². The van der Waals surface area contributed by atoms with Crippen molar-refractivity contribution in [2.45, 2.75) is 78.6 Å². The summed E-state index contributed by atoms with van der Waals surface area (Å²) in [6.45, 7) is 15.0. The zero-order valence-electron chi connectivity index (χ0n) is 19.2. The smallest absolute Gasteiger partial charge is 0.234 e. The highest BCUT2D eigenvalue weighted by Gasteiger charge is 2.40. The Labute approximate surface area is 179 Å². The summed E-state index contributed by atoms with van der Waals surface area (Å²) in [6, 6.07) is 3.85. The van der Waals surface area contributed by atoms with E-state index < -0.39 is 0 Å². The lowest BCUT2D eigenvalue weighted by molar-refractivity contribution is -0.125. The van der Waals surface area contributed by atoms with Crippen LogP contribution in [0.4, 0.5) is 4.39 Å². The van der Waals surface area contributed by atoms with Gasteiger partial charge in [0.05, 0.1) is 24.1 Å². The van der Waals surface area contributed by atoms with E-state index >= 15 is 0 Å². The van der Waals surface area contributed by atoms with E-state index in [2.05, 4.69) is 25.1 Å². The molecule has 0 radical (unpaired) electrons. The van der Waals surface area contributed by atoms with Crippen molar-refractivity contribution >= 4 is 16.9 Å². The molecule has 30 heavy (non-hydrogen) atoms. The van der Waals surface area contributed by atoms with Crippen LogP contribution < -0.4 is 5.32 Å². The summed E-state index contributed by atoms with van der Waals surface area (Å²) in [5.41, 5.74) is 2.26. The second kappa shape index (κ2) is 9.02. The minimum absolute atomic E-state index is 0.104. The SMILES string of the molecule is CC.Cc1cc(F)cc2[nH]c(CN3CC4CCC(C3)N4CC(=O)NC(C)(C)C)nc12. The molecule has 0 aliphatic carbocycles. The third kappa shape index (κ3) is 5.19. The number of rotatable bonds is 4. The van der Waals surface area contributed by atoms with Gasteiger partial charge in [-0.05, 0) is 58.2 Å². The van der Waals surface area contributed by atoms with Crippen molar-refractivity contribution in [3.05, 3.63) is 29.3 Å². The number of aromatic nitrogens is 2. The summed E-state index contributed by atoms with van der Waals surface area (Å²) in [6.07, 6.45) is 2.27. The zero-order valence-corrected chi connectivity index (χ0v) is 19.2. The lowest BCUT2D eigenvalue weighted by atomic mass is 10.1. The number of piperazine rings is 1. The van der Waals surface area contributed by atoms with Crippen LogP contribution in [0.2, 0.25) is 0 Å². The third-order valence-corrected chi connectivity index (χ3v) is 5.71. The van der Waals surface area contributed by atoms with Gasteiger partial charge in [0.25, 0.3) is 0 Å². The van der Waals surface area contributed by atoms with Crippen LogP contribution in [0.15, 0.2) is 12.1 Å². The van der Waals surface area contributed by atoms with E-state index in [0.717, 1.165) is 54.9 Å². The van der Waals surface area contributed by atoms with E-state index in [4.69, 9.17) is 0 Å². The molecule has 0 saturated carbocycles. The number of carbonyl (C=O) groups excluding carboxylic acids is 1. The topological polar surface area (TPSA) is 64.3 Å². The minimum atomic E-state index is -0.236. The van der Waals surface area contributed by atoms with Crippen LogP contribution in [-0.4, -0.2) is 62.9 Å². The molecule has 2 fully saturated rings. The second-order valence-electron chi connectivity index (χ2n) is 9.35. The lowest BCUT2D eigenvalue weighted by Gasteiger charge is -2.40. The average Bonchev–Trinajstić information content (AvgIpc) is 3.12. The molecule has 2 bridgehead atoms. The molecular weight excluding hydrogens is 381 g/mol. The van der Waals surface area contributed by atoms with Gasteiger partial charge in [0.15, 0.2) is 0 Å². The molecule has 7 heteroatoms. The van der Waals surface area contributed by atoms with Gasteiger partial charge in [-0.1, -0.05) is 13.8 Å². The Balaban J connectivity index is 0.00000124. The fourth-order valence-electron chi connectivity index (χ4n) is 4.67. The third-order valence-electron chi connectivity index (χ3n) is 5.71. The molecule has 0 spiro atoms. The number of aryl methyl sites for hydroxylation is 1. The van der Waals surface area contributed by atoms with Gasteiger partial charge in [0.1, 0.15) is 11.6 Å². The molecular formula is C23H36FN5O. The first-order chi connectivity index (χ1) is 14.2. The van der Waals surface area contributed by atoms with E-state index in [-0.39, 0.29) is 17.3 Å². The highest BCUT2D eigenvalue weighted by atomic mass is 19.1. The number of imidazole rings is 1. The molecule has 166 valence electrons. The summed E-state index contributed by atoms with van der Waals surface area (Å²) in [5, 5.41) is 3.07. The van der Waals surface area contributed by atoms with Crippen LogP contribution >= 0.6 is 0 Å². The zero-order chi connectivity index (χ0) is 22.1. The van der Waals surface area contributed by atoms with Gasteiger partial charge in [0, 0.05) is 30.7 Å². The first kappa shape index (κ1) is 22.7. The monoisotopic (exact) mass is 417 g/mol. The average molecular weight is 418 g/mol. The van der Waals surface area contributed by atoms with Crippen molar-refractivity contribution in [3.8, 4) is 0 Å². The van der Waals surface area contributed by atoms with Crippen molar-refractivity contribution in [1.82, 2.24) is 25.1 Å². The van der Waals surface area contributed by atoms with E-state index in [9.17, 15) is 9.18 Å². The summed E-state index contributed by atoms with van der Waals surface area (Å²) >= 11 is 0. The highest BCUT2D eigenvalue weighted by Crippen LogP contribution is 2.30. The predicted octanol–water partition coefficient (Wildman–Crippen LogP) is 3.60. The highest BCUT2D eigenvalue weighted by molar-refractivity contribution is 5.79. The Kier molecular flexibility index (Phi) is 6.82. The molecule has 4 rings (SSSR count). The summed E-state index contributed by atoms with van der Waals surface area (Å²) in [4.78, 5) is 25.1. The fourth-order valence-corrected chi connectivity index (χ4v) is 4.67. The Morgan fingerprint density at radius 1 is 1.23 bits per heavy atom. The first-order valence-corrected chi connectivity index (χ1v) is 11.1. The van der Waals surface area contributed by atoms with Gasteiger partial charge in [-0.3, -0.25) is 14.6 Å². The number of aromatic amines is 1. The maximum Gasteiger partial charge on any atom is 0.234 e. The Morgan fingerprint density at radius 3 is 2.47 bits per heavy atom. The quantitative estimate of drug-likeness (QED) is 0.798. The molecule has 3 heterocycles. The standard InChI is InChI=1S/C21H30FN5O.C2H6/c1-13-7-14(22)8-17-20(13)24-18(23-17)11-26-9-15-5-6-16(10-26)27(15)12-19(28)25-21(2,3)4;1-2/h7-8,15-16H,5-6,9-12H2,1-4H3,(H,23,24)(H,25,28);1-2H3. The van der Waals surface area contributed by atoms with Gasteiger partial charge >= 0.3 is 0 Å². The second-order valence-corrected chi connectivity index (χ2v) is 9.35. The van der Waals surface area contributed by atoms with Crippen LogP contribution in [0, 0.1) is 12.7 Å². The fraction of sp³-hybridized carbons (Fsp3) is 0.652. The Hall–Kier alpha value is -1.99. The molecule has 2 atom stereocenters. The molecule has 2 unspecified atom stereocenters. The number of hydrogen-bond acceptors (Lipinski definition) is 4. The maximum atomic E-state index is 13.6.